The highest BCUT2D eigenvalue weighted by Gasteiger charge is 2.20. The Balaban J connectivity index is 1.85. The standard InChI is InChI=1S/C15H18N2OS/c1-2-17-10-11(6-7-15(17)18)16-13-4-3-5-14-12(13)8-9-19-14/h6-10,13,16H,2-5H2,1H3. The highest BCUT2D eigenvalue weighted by atomic mass is 32.1. The monoisotopic (exact) mass is 274 g/mol. The first-order valence-electron chi connectivity index (χ1n) is 6.81. The lowest BCUT2D eigenvalue weighted by Crippen LogP contribution is -2.20. The number of nitrogens with zero attached hydrogens (tertiary/aromatic N) is 1. The van der Waals surface area contributed by atoms with Gasteiger partial charge in [-0.15, -0.1) is 11.3 Å². The van der Waals surface area contributed by atoms with Gasteiger partial charge in [-0.2, -0.15) is 0 Å². The number of hydrogen-bond donors (Lipinski definition) is 1. The Morgan fingerprint density at radius 2 is 2.32 bits per heavy atom. The molecule has 1 aliphatic carbocycles. The van der Waals surface area contributed by atoms with Crippen LogP contribution in [-0.2, 0) is 13.0 Å². The highest BCUT2D eigenvalue weighted by Crippen LogP contribution is 2.35. The average molecular weight is 274 g/mol. The van der Waals surface area contributed by atoms with Gasteiger partial charge in [0, 0.05) is 23.7 Å². The number of nitrogens with one attached hydrogen (secondary N) is 1. The molecule has 3 rings (SSSR count). The van der Waals surface area contributed by atoms with Crippen molar-refractivity contribution in [2.75, 3.05) is 5.32 Å². The molecule has 3 nitrogen and oxygen atoms in total. The summed E-state index contributed by atoms with van der Waals surface area (Å²) in [6.45, 7) is 2.70. The van der Waals surface area contributed by atoms with Gasteiger partial charge in [0.2, 0.25) is 0 Å². The molecular weight excluding hydrogens is 256 g/mol. The number of anilines is 1. The Hall–Kier alpha value is -1.55. The average Bonchev–Trinajstić information content (AvgIpc) is 2.90. The molecule has 0 bridgehead atoms. The second kappa shape index (κ2) is 5.21. The third-order valence-electron chi connectivity index (χ3n) is 3.72. The number of aryl methyl sites for hydroxylation is 2. The van der Waals surface area contributed by atoms with Crippen LogP contribution in [0, 0.1) is 0 Å². The maximum Gasteiger partial charge on any atom is 0.250 e. The summed E-state index contributed by atoms with van der Waals surface area (Å²) in [5.41, 5.74) is 2.53. The SMILES string of the molecule is CCn1cc(NC2CCCc3sccc32)ccc1=O. The first kappa shape index (κ1) is 12.5. The van der Waals surface area contributed by atoms with Gasteiger partial charge in [-0.1, -0.05) is 0 Å². The van der Waals surface area contributed by atoms with Crippen molar-refractivity contribution >= 4 is 17.0 Å². The van der Waals surface area contributed by atoms with Gasteiger partial charge in [0.1, 0.15) is 0 Å². The van der Waals surface area contributed by atoms with Gasteiger partial charge in [0.05, 0.1) is 11.7 Å². The second-order valence-electron chi connectivity index (χ2n) is 4.93. The third kappa shape index (κ3) is 2.45. The summed E-state index contributed by atoms with van der Waals surface area (Å²) in [6, 6.07) is 6.14. The molecule has 0 aliphatic heterocycles. The van der Waals surface area contributed by atoms with Crippen LogP contribution in [-0.4, -0.2) is 4.57 Å². The molecule has 0 fully saturated rings. The number of pyridine rings is 1. The third-order valence-corrected chi connectivity index (χ3v) is 4.71. The van der Waals surface area contributed by atoms with Crippen LogP contribution in [0.15, 0.2) is 34.6 Å². The van der Waals surface area contributed by atoms with E-state index in [9.17, 15) is 4.79 Å². The molecule has 0 spiro atoms. The minimum Gasteiger partial charge on any atom is -0.377 e. The van der Waals surface area contributed by atoms with E-state index in [0.29, 0.717) is 12.6 Å². The molecule has 2 aromatic heterocycles. The van der Waals surface area contributed by atoms with Crippen LogP contribution < -0.4 is 10.9 Å². The van der Waals surface area contributed by atoms with Crippen molar-refractivity contribution in [2.24, 2.45) is 0 Å². The van der Waals surface area contributed by atoms with Crippen LogP contribution in [0.25, 0.3) is 0 Å². The molecule has 0 aromatic carbocycles. The summed E-state index contributed by atoms with van der Waals surface area (Å²) in [5.74, 6) is 0. The summed E-state index contributed by atoms with van der Waals surface area (Å²) in [4.78, 5) is 13.1. The largest absolute Gasteiger partial charge is 0.377 e. The molecule has 2 heterocycles. The fourth-order valence-electron chi connectivity index (χ4n) is 2.70. The Morgan fingerprint density at radius 1 is 1.42 bits per heavy atom. The van der Waals surface area contributed by atoms with E-state index in [-0.39, 0.29) is 5.56 Å². The molecule has 0 radical (unpaired) electrons. The molecule has 1 atom stereocenters. The minimum absolute atomic E-state index is 0.0629. The van der Waals surface area contributed by atoms with Crippen molar-refractivity contribution in [1.29, 1.82) is 0 Å². The molecule has 1 N–H and O–H groups in total. The molecule has 1 aliphatic rings. The molecule has 100 valence electrons. The lowest BCUT2D eigenvalue weighted by atomic mass is 9.94. The Labute approximate surface area is 116 Å². The summed E-state index contributed by atoms with van der Waals surface area (Å²) < 4.78 is 1.74. The predicted molar refractivity (Wildman–Crippen MR) is 80.0 cm³/mol. The molecule has 0 amide bonds. The van der Waals surface area contributed by atoms with E-state index >= 15 is 0 Å². The lowest BCUT2D eigenvalue weighted by Gasteiger charge is -2.25. The van der Waals surface area contributed by atoms with Crippen LogP contribution >= 0.6 is 11.3 Å². The van der Waals surface area contributed by atoms with Crippen LogP contribution in [0.4, 0.5) is 5.69 Å². The number of rotatable bonds is 3. The molecule has 2 aromatic rings. The van der Waals surface area contributed by atoms with Gasteiger partial charge in [-0.05, 0) is 49.3 Å². The van der Waals surface area contributed by atoms with Crippen LogP contribution in [0.2, 0.25) is 0 Å². The molecule has 0 saturated heterocycles. The predicted octanol–water partition coefficient (Wildman–Crippen LogP) is 3.42. The van der Waals surface area contributed by atoms with E-state index in [2.05, 4.69) is 16.8 Å². The quantitative estimate of drug-likeness (QED) is 0.930. The zero-order chi connectivity index (χ0) is 13.2. The van der Waals surface area contributed by atoms with E-state index in [4.69, 9.17) is 0 Å². The fourth-order valence-corrected chi connectivity index (χ4v) is 3.69. The zero-order valence-electron chi connectivity index (χ0n) is 11.1. The summed E-state index contributed by atoms with van der Waals surface area (Å²) in [5, 5.41) is 5.75. The van der Waals surface area contributed by atoms with Crippen molar-refractivity contribution in [1.82, 2.24) is 4.57 Å². The van der Waals surface area contributed by atoms with Crippen LogP contribution in [0.3, 0.4) is 0 Å². The number of fused-ring (bicyclic) bond motifs is 1. The fraction of sp³-hybridized carbons (Fsp3) is 0.400. The topological polar surface area (TPSA) is 34.0 Å². The molecule has 1 unspecified atom stereocenters. The van der Waals surface area contributed by atoms with Crippen molar-refractivity contribution < 1.29 is 0 Å². The van der Waals surface area contributed by atoms with Crippen molar-refractivity contribution in [3.8, 4) is 0 Å². The van der Waals surface area contributed by atoms with Crippen molar-refractivity contribution in [2.45, 2.75) is 38.8 Å². The number of hydrogen-bond acceptors (Lipinski definition) is 3. The smallest absolute Gasteiger partial charge is 0.250 e. The van der Waals surface area contributed by atoms with Gasteiger partial charge in [-0.3, -0.25) is 4.79 Å². The molecule has 4 heteroatoms. The number of aromatic nitrogens is 1. The van der Waals surface area contributed by atoms with E-state index < -0.39 is 0 Å². The summed E-state index contributed by atoms with van der Waals surface area (Å²) in [7, 11) is 0. The first-order valence-corrected chi connectivity index (χ1v) is 7.69. The first-order chi connectivity index (χ1) is 9.28. The van der Waals surface area contributed by atoms with E-state index in [1.54, 1.807) is 10.6 Å². The molecular formula is C15H18N2OS. The Bertz CT molecular complexity index is 629. The van der Waals surface area contributed by atoms with E-state index in [0.717, 1.165) is 12.1 Å². The summed E-state index contributed by atoms with van der Waals surface area (Å²) >= 11 is 1.85. The normalized spacial score (nSPS) is 18.1. The lowest BCUT2D eigenvalue weighted by molar-refractivity contribution is 0.607. The Morgan fingerprint density at radius 3 is 3.16 bits per heavy atom. The van der Waals surface area contributed by atoms with E-state index in [1.165, 1.54) is 23.3 Å². The molecule has 19 heavy (non-hydrogen) atoms. The van der Waals surface area contributed by atoms with Gasteiger partial charge < -0.3 is 9.88 Å². The second-order valence-corrected chi connectivity index (χ2v) is 5.93. The van der Waals surface area contributed by atoms with Gasteiger partial charge in [0.25, 0.3) is 5.56 Å². The molecule has 0 saturated carbocycles. The van der Waals surface area contributed by atoms with Gasteiger partial charge >= 0.3 is 0 Å². The van der Waals surface area contributed by atoms with Crippen LogP contribution in [0.1, 0.15) is 36.2 Å². The maximum atomic E-state index is 11.6. The minimum atomic E-state index is 0.0629. The van der Waals surface area contributed by atoms with Crippen molar-refractivity contribution in [3.05, 3.63) is 50.6 Å². The van der Waals surface area contributed by atoms with Crippen molar-refractivity contribution in [3.63, 3.8) is 0 Å². The van der Waals surface area contributed by atoms with Gasteiger partial charge in [0.15, 0.2) is 0 Å². The van der Waals surface area contributed by atoms with Gasteiger partial charge in [-0.25, -0.2) is 0 Å². The van der Waals surface area contributed by atoms with E-state index in [1.807, 2.05) is 30.5 Å². The number of thiophene rings is 1. The highest BCUT2D eigenvalue weighted by molar-refractivity contribution is 7.10. The summed E-state index contributed by atoms with van der Waals surface area (Å²) in [6.07, 6.45) is 5.52. The Kier molecular flexibility index (Phi) is 3.42. The maximum absolute atomic E-state index is 11.6. The van der Waals surface area contributed by atoms with Crippen LogP contribution in [0.5, 0.6) is 0 Å². The zero-order valence-corrected chi connectivity index (χ0v) is 11.9.